The number of hydrogen-bond donors (Lipinski definition) is 1. The second kappa shape index (κ2) is 6.17. The van der Waals surface area contributed by atoms with Crippen molar-refractivity contribution < 1.29 is 4.39 Å². The molecular formula is C10H12BrClFN. The average molecular weight is 281 g/mol. The molecule has 0 radical (unpaired) electrons. The number of nitrogens with two attached hydrogens (primary N) is 1. The van der Waals surface area contributed by atoms with E-state index < -0.39 is 0 Å². The fourth-order valence-corrected chi connectivity index (χ4v) is 1.65. The van der Waals surface area contributed by atoms with Gasteiger partial charge in [0, 0.05) is 10.5 Å². The fourth-order valence-electron chi connectivity index (χ4n) is 1.11. The third-order valence-electron chi connectivity index (χ3n) is 1.78. The first-order valence-corrected chi connectivity index (χ1v) is 4.76. The van der Waals surface area contributed by atoms with Crippen molar-refractivity contribution in [1.82, 2.24) is 0 Å². The van der Waals surface area contributed by atoms with E-state index in [0.717, 1.165) is 10.0 Å². The Morgan fingerprint density at radius 2 is 2.21 bits per heavy atom. The summed E-state index contributed by atoms with van der Waals surface area (Å²) in [6.07, 6.45) is 2.37. The molecule has 0 aliphatic rings. The number of hydrogen-bond acceptors (Lipinski definition) is 1. The summed E-state index contributed by atoms with van der Waals surface area (Å²) in [5, 5.41) is 0. The molecule has 0 aliphatic carbocycles. The summed E-state index contributed by atoms with van der Waals surface area (Å²) in [7, 11) is 0. The van der Waals surface area contributed by atoms with Crippen LogP contribution in [-0.2, 0) is 0 Å². The van der Waals surface area contributed by atoms with Gasteiger partial charge in [-0.2, -0.15) is 0 Å². The molecule has 1 aromatic carbocycles. The molecule has 0 amide bonds. The monoisotopic (exact) mass is 279 g/mol. The highest BCUT2D eigenvalue weighted by molar-refractivity contribution is 9.10. The minimum Gasteiger partial charge on any atom is -0.324 e. The molecule has 4 heteroatoms. The van der Waals surface area contributed by atoms with E-state index in [-0.39, 0.29) is 24.3 Å². The SMILES string of the molecule is C=CC[C@@H](N)c1cc(F)ccc1Br.Cl. The van der Waals surface area contributed by atoms with Gasteiger partial charge in [-0.3, -0.25) is 0 Å². The summed E-state index contributed by atoms with van der Waals surface area (Å²) in [6.45, 7) is 3.59. The molecule has 78 valence electrons. The van der Waals surface area contributed by atoms with E-state index in [1.807, 2.05) is 0 Å². The Morgan fingerprint density at radius 3 is 2.79 bits per heavy atom. The molecule has 0 aromatic heterocycles. The van der Waals surface area contributed by atoms with Gasteiger partial charge >= 0.3 is 0 Å². The van der Waals surface area contributed by atoms with Crippen LogP contribution in [0.4, 0.5) is 4.39 Å². The predicted molar refractivity (Wildman–Crippen MR) is 63.1 cm³/mol. The lowest BCUT2D eigenvalue weighted by Crippen LogP contribution is -2.09. The molecule has 14 heavy (non-hydrogen) atoms. The van der Waals surface area contributed by atoms with Gasteiger partial charge in [-0.1, -0.05) is 22.0 Å². The molecule has 1 atom stereocenters. The van der Waals surface area contributed by atoms with Crippen LogP contribution in [0.1, 0.15) is 18.0 Å². The quantitative estimate of drug-likeness (QED) is 0.841. The van der Waals surface area contributed by atoms with Crippen molar-refractivity contribution in [3.8, 4) is 0 Å². The number of halogens is 3. The Hall–Kier alpha value is -0.380. The first-order chi connectivity index (χ1) is 6.15. The van der Waals surface area contributed by atoms with Gasteiger partial charge in [0.1, 0.15) is 5.82 Å². The lowest BCUT2D eigenvalue weighted by molar-refractivity contribution is 0.619. The minimum atomic E-state index is -0.266. The topological polar surface area (TPSA) is 26.0 Å². The maximum Gasteiger partial charge on any atom is 0.123 e. The molecule has 0 heterocycles. The van der Waals surface area contributed by atoms with Crippen molar-refractivity contribution in [3.05, 3.63) is 46.7 Å². The Balaban J connectivity index is 0.00000169. The van der Waals surface area contributed by atoms with Crippen molar-refractivity contribution in [1.29, 1.82) is 0 Å². The largest absolute Gasteiger partial charge is 0.324 e. The average Bonchev–Trinajstić information content (AvgIpc) is 2.09. The summed E-state index contributed by atoms with van der Waals surface area (Å²) in [6, 6.07) is 4.31. The normalized spacial score (nSPS) is 11.6. The molecule has 0 saturated carbocycles. The predicted octanol–water partition coefficient (Wildman–Crippen LogP) is 3.59. The number of rotatable bonds is 3. The maximum absolute atomic E-state index is 12.8. The summed E-state index contributed by atoms with van der Waals surface area (Å²) >= 11 is 3.32. The van der Waals surface area contributed by atoms with Crippen LogP contribution in [0.5, 0.6) is 0 Å². The molecule has 0 fully saturated rings. The van der Waals surface area contributed by atoms with Crippen LogP contribution in [0.3, 0.4) is 0 Å². The van der Waals surface area contributed by atoms with Crippen LogP contribution in [0.25, 0.3) is 0 Å². The van der Waals surface area contributed by atoms with Crippen LogP contribution in [-0.4, -0.2) is 0 Å². The second-order valence-electron chi connectivity index (χ2n) is 2.80. The lowest BCUT2D eigenvalue weighted by atomic mass is 10.0. The lowest BCUT2D eigenvalue weighted by Gasteiger charge is -2.11. The molecule has 1 rings (SSSR count). The van der Waals surface area contributed by atoms with Gasteiger partial charge in [0.2, 0.25) is 0 Å². The van der Waals surface area contributed by atoms with E-state index in [1.165, 1.54) is 12.1 Å². The highest BCUT2D eigenvalue weighted by Gasteiger charge is 2.08. The first-order valence-electron chi connectivity index (χ1n) is 3.96. The van der Waals surface area contributed by atoms with E-state index >= 15 is 0 Å². The number of benzene rings is 1. The van der Waals surface area contributed by atoms with E-state index in [1.54, 1.807) is 12.1 Å². The highest BCUT2D eigenvalue weighted by Crippen LogP contribution is 2.24. The maximum atomic E-state index is 12.8. The zero-order valence-electron chi connectivity index (χ0n) is 7.54. The van der Waals surface area contributed by atoms with E-state index in [4.69, 9.17) is 5.73 Å². The smallest absolute Gasteiger partial charge is 0.123 e. The molecule has 1 nitrogen and oxygen atoms in total. The van der Waals surface area contributed by atoms with Gasteiger partial charge in [0.15, 0.2) is 0 Å². The van der Waals surface area contributed by atoms with Crippen LogP contribution in [0, 0.1) is 5.82 Å². The Morgan fingerprint density at radius 1 is 1.57 bits per heavy atom. The van der Waals surface area contributed by atoms with E-state index in [2.05, 4.69) is 22.5 Å². The molecule has 0 unspecified atom stereocenters. The van der Waals surface area contributed by atoms with Crippen molar-refractivity contribution in [2.75, 3.05) is 0 Å². The van der Waals surface area contributed by atoms with Crippen molar-refractivity contribution >= 4 is 28.3 Å². The van der Waals surface area contributed by atoms with Gasteiger partial charge in [-0.05, 0) is 30.2 Å². The van der Waals surface area contributed by atoms with Gasteiger partial charge < -0.3 is 5.73 Å². The zero-order valence-corrected chi connectivity index (χ0v) is 9.94. The standard InChI is InChI=1S/C10H11BrFN.ClH/c1-2-3-10(13)8-6-7(12)4-5-9(8)11;/h2,4-6,10H,1,3,13H2;1H/t10-;/m1./s1. The Kier molecular flexibility index (Phi) is 6.00. The molecule has 0 aliphatic heterocycles. The van der Waals surface area contributed by atoms with Crippen molar-refractivity contribution in [2.24, 2.45) is 5.73 Å². The second-order valence-corrected chi connectivity index (χ2v) is 3.65. The third-order valence-corrected chi connectivity index (χ3v) is 2.50. The summed E-state index contributed by atoms with van der Waals surface area (Å²) in [5.41, 5.74) is 6.58. The molecule has 2 N–H and O–H groups in total. The molecular weight excluding hydrogens is 268 g/mol. The van der Waals surface area contributed by atoms with Gasteiger partial charge in [0.05, 0.1) is 0 Å². The van der Waals surface area contributed by atoms with E-state index in [0.29, 0.717) is 6.42 Å². The molecule has 1 aromatic rings. The van der Waals surface area contributed by atoms with Gasteiger partial charge in [-0.25, -0.2) is 4.39 Å². The van der Waals surface area contributed by atoms with Crippen LogP contribution in [0.2, 0.25) is 0 Å². The molecule has 0 saturated heterocycles. The zero-order chi connectivity index (χ0) is 9.84. The van der Waals surface area contributed by atoms with Crippen molar-refractivity contribution in [2.45, 2.75) is 12.5 Å². The first kappa shape index (κ1) is 13.6. The van der Waals surface area contributed by atoms with Crippen molar-refractivity contribution in [3.63, 3.8) is 0 Å². The van der Waals surface area contributed by atoms with E-state index in [9.17, 15) is 4.39 Å². The minimum absolute atomic E-state index is 0. The highest BCUT2D eigenvalue weighted by atomic mass is 79.9. The summed E-state index contributed by atoms with van der Waals surface area (Å²) < 4.78 is 13.7. The summed E-state index contributed by atoms with van der Waals surface area (Å²) in [4.78, 5) is 0. The molecule has 0 bridgehead atoms. The summed E-state index contributed by atoms with van der Waals surface area (Å²) in [5.74, 6) is -0.266. The van der Waals surface area contributed by atoms with Crippen LogP contribution >= 0.6 is 28.3 Å². The van der Waals surface area contributed by atoms with Crippen LogP contribution in [0.15, 0.2) is 35.3 Å². The Bertz CT molecular complexity index is 317. The fraction of sp³-hybridized carbons (Fsp3) is 0.200. The molecule has 0 spiro atoms. The van der Waals surface area contributed by atoms with Gasteiger partial charge in [0.25, 0.3) is 0 Å². The van der Waals surface area contributed by atoms with Gasteiger partial charge in [-0.15, -0.1) is 19.0 Å². The van der Waals surface area contributed by atoms with Crippen LogP contribution < -0.4 is 5.73 Å². The third kappa shape index (κ3) is 3.40. The Labute approximate surface area is 97.7 Å².